The van der Waals surface area contributed by atoms with E-state index in [1.54, 1.807) is 0 Å². The normalized spacial score (nSPS) is 13.5. The van der Waals surface area contributed by atoms with Crippen LogP contribution in [0.1, 0.15) is 37.6 Å². The Morgan fingerprint density at radius 1 is 1.09 bits per heavy atom. The van der Waals surface area contributed by atoms with E-state index in [4.69, 9.17) is 21.1 Å². The fourth-order valence-corrected chi connectivity index (χ4v) is 4.00. The molecule has 9 heteroatoms. The Morgan fingerprint density at radius 3 is 2.44 bits per heavy atom. The van der Waals surface area contributed by atoms with E-state index in [0.29, 0.717) is 23.9 Å². The van der Waals surface area contributed by atoms with Crippen LogP contribution in [-0.2, 0) is 18.6 Å². The molecule has 0 aliphatic rings. The van der Waals surface area contributed by atoms with Crippen LogP contribution < -0.4 is 9.47 Å². The highest BCUT2D eigenvalue weighted by Gasteiger charge is 2.24. The van der Waals surface area contributed by atoms with Crippen molar-refractivity contribution in [2.24, 2.45) is 5.92 Å². The third kappa shape index (κ3) is 6.72. The van der Waals surface area contributed by atoms with Crippen LogP contribution in [0.5, 0.6) is 11.5 Å². The first-order valence-electron chi connectivity index (χ1n) is 11.1. The average Bonchev–Trinajstić information content (AvgIpc) is 3.28. The molecule has 0 radical (unpaired) electrons. The van der Waals surface area contributed by atoms with Gasteiger partial charge in [0.05, 0.1) is 36.1 Å². The van der Waals surface area contributed by atoms with Gasteiger partial charge in [-0.3, -0.25) is 0 Å². The zero-order valence-corrected chi connectivity index (χ0v) is 22.0. The second-order valence-corrected chi connectivity index (χ2v) is 10.1. The van der Waals surface area contributed by atoms with E-state index in [1.165, 1.54) is 10.9 Å². The Bertz CT molecular complexity index is 1060. The molecule has 0 unspecified atom stereocenters. The standard InChI is InChI=1S/C25H31BrClN3O4/c1-17(11-27)15-34-24-9-6-19(10-23(24)26)25(2,3)18-4-7-22(8-5-18)33-16-21(32)13-30-20(14-31)12-28-29-30/h4-10,12,17,21,31-32H,11,13-16H2,1-3H3/t17-,21-/m0/s1. The Kier molecular flexibility index (Phi) is 9.36. The molecule has 2 N–H and O–H groups in total. The maximum absolute atomic E-state index is 10.2. The second-order valence-electron chi connectivity index (χ2n) is 8.90. The van der Waals surface area contributed by atoms with Gasteiger partial charge in [-0.05, 0) is 51.3 Å². The largest absolute Gasteiger partial charge is 0.492 e. The molecule has 3 aromatic rings. The van der Waals surface area contributed by atoms with E-state index in [9.17, 15) is 10.2 Å². The minimum absolute atomic E-state index is 0.101. The molecule has 0 aliphatic carbocycles. The fraction of sp³-hybridized carbons (Fsp3) is 0.440. The van der Waals surface area contributed by atoms with Crippen molar-refractivity contribution in [1.29, 1.82) is 0 Å². The van der Waals surface area contributed by atoms with Crippen molar-refractivity contribution in [3.63, 3.8) is 0 Å². The van der Waals surface area contributed by atoms with Gasteiger partial charge in [0.25, 0.3) is 0 Å². The van der Waals surface area contributed by atoms with Crippen LogP contribution in [0, 0.1) is 5.92 Å². The first kappa shape index (κ1) is 26.5. The average molecular weight is 553 g/mol. The Morgan fingerprint density at radius 2 is 1.79 bits per heavy atom. The molecule has 2 aromatic carbocycles. The summed E-state index contributed by atoms with van der Waals surface area (Å²) in [4.78, 5) is 0. The van der Waals surface area contributed by atoms with E-state index >= 15 is 0 Å². The minimum Gasteiger partial charge on any atom is -0.492 e. The third-order valence-electron chi connectivity index (χ3n) is 5.70. The van der Waals surface area contributed by atoms with Crippen LogP contribution >= 0.6 is 27.5 Å². The molecule has 0 spiro atoms. The number of hydrogen-bond donors (Lipinski definition) is 2. The van der Waals surface area contributed by atoms with Crippen LogP contribution in [0.3, 0.4) is 0 Å². The van der Waals surface area contributed by atoms with Crippen molar-refractivity contribution in [3.05, 3.63) is 70.0 Å². The molecule has 0 bridgehead atoms. The summed E-state index contributed by atoms with van der Waals surface area (Å²) >= 11 is 9.50. The Labute approximate surface area is 213 Å². The minimum atomic E-state index is -0.784. The van der Waals surface area contributed by atoms with Gasteiger partial charge < -0.3 is 19.7 Å². The van der Waals surface area contributed by atoms with Crippen LogP contribution in [0.2, 0.25) is 0 Å². The highest BCUT2D eigenvalue weighted by atomic mass is 79.9. The van der Waals surface area contributed by atoms with Gasteiger partial charge in [0.1, 0.15) is 24.2 Å². The summed E-state index contributed by atoms with van der Waals surface area (Å²) in [6.45, 7) is 7.07. The summed E-state index contributed by atoms with van der Waals surface area (Å²) in [5.74, 6) is 2.31. The number of aliphatic hydroxyl groups is 2. The fourth-order valence-electron chi connectivity index (χ4n) is 3.42. The Balaban J connectivity index is 1.61. The molecule has 34 heavy (non-hydrogen) atoms. The molecule has 0 fully saturated rings. The van der Waals surface area contributed by atoms with E-state index in [2.05, 4.69) is 59.1 Å². The number of alkyl halides is 1. The molecule has 2 atom stereocenters. The quantitative estimate of drug-likeness (QED) is 0.321. The predicted molar refractivity (Wildman–Crippen MR) is 136 cm³/mol. The monoisotopic (exact) mass is 551 g/mol. The second kappa shape index (κ2) is 12.0. The molecule has 0 amide bonds. The van der Waals surface area contributed by atoms with E-state index in [1.807, 2.05) is 30.3 Å². The smallest absolute Gasteiger partial charge is 0.133 e. The van der Waals surface area contributed by atoms with Gasteiger partial charge in [0.15, 0.2) is 0 Å². The van der Waals surface area contributed by atoms with Gasteiger partial charge in [-0.15, -0.1) is 16.7 Å². The number of rotatable bonds is 12. The molecule has 1 aromatic heterocycles. The van der Waals surface area contributed by atoms with Gasteiger partial charge in [-0.1, -0.05) is 44.2 Å². The molecule has 3 rings (SSSR count). The number of nitrogens with zero attached hydrogens (tertiary/aromatic N) is 3. The zero-order chi connectivity index (χ0) is 24.7. The lowest BCUT2D eigenvalue weighted by atomic mass is 9.78. The van der Waals surface area contributed by atoms with Crippen molar-refractivity contribution in [2.45, 2.75) is 45.4 Å². The molecule has 0 saturated heterocycles. The molecule has 184 valence electrons. The van der Waals surface area contributed by atoms with Crippen molar-refractivity contribution >= 4 is 27.5 Å². The lowest BCUT2D eigenvalue weighted by Crippen LogP contribution is -2.25. The first-order chi connectivity index (χ1) is 16.2. The van der Waals surface area contributed by atoms with Gasteiger partial charge in [-0.2, -0.15) is 0 Å². The summed E-state index contributed by atoms with van der Waals surface area (Å²) < 4.78 is 14.0. The highest BCUT2D eigenvalue weighted by molar-refractivity contribution is 9.10. The van der Waals surface area contributed by atoms with Gasteiger partial charge in [0, 0.05) is 17.2 Å². The van der Waals surface area contributed by atoms with Crippen LogP contribution in [0.15, 0.2) is 53.1 Å². The summed E-state index contributed by atoms with van der Waals surface area (Å²) in [7, 11) is 0. The van der Waals surface area contributed by atoms with Crippen molar-refractivity contribution < 1.29 is 19.7 Å². The van der Waals surface area contributed by atoms with Gasteiger partial charge >= 0.3 is 0 Å². The number of aliphatic hydroxyl groups excluding tert-OH is 2. The maximum Gasteiger partial charge on any atom is 0.133 e. The zero-order valence-electron chi connectivity index (χ0n) is 19.6. The molecule has 7 nitrogen and oxygen atoms in total. The molecule has 1 heterocycles. The lowest BCUT2D eigenvalue weighted by Gasteiger charge is -2.27. The van der Waals surface area contributed by atoms with E-state index < -0.39 is 6.10 Å². The number of aromatic nitrogens is 3. The van der Waals surface area contributed by atoms with Crippen LogP contribution in [0.4, 0.5) is 0 Å². The van der Waals surface area contributed by atoms with Crippen molar-refractivity contribution in [3.8, 4) is 11.5 Å². The van der Waals surface area contributed by atoms with Crippen LogP contribution in [-0.4, -0.2) is 50.4 Å². The predicted octanol–water partition coefficient (Wildman–Crippen LogP) is 4.55. The van der Waals surface area contributed by atoms with Crippen molar-refractivity contribution in [1.82, 2.24) is 15.0 Å². The van der Waals surface area contributed by atoms with Crippen LogP contribution in [0.25, 0.3) is 0 Å². The highest BCUT2D eigenvalue weighted by Crippen LogP contribution is 2.36. The van der Waals surface area contributed by atoms with E-state index in [0.717, 1.165) is 21.3 Å². The van der Waals surface area contributed by atoms with Gasteiger partial charge in [0.2, 0.25) is 0 Å². The topological polar surface area (TPSA) is 89.6 Å². The van der Waals surface area contributed by atoms with E-state index in [-0.39, 0.29) is 31.1 Å². The third-order valence-corrected chi connectivity index (χ3v) is 6.85. The Hall–Kier alpha value is -2.13. The first-order valence-corrected chi connectivity index (χ1v) is 12.5. The van der Waals surface area contributed by atoms with Gasteiger partial charge in [-0.25, -0.2) is 4.68 Å². The summed E-state index contributed by atoms with van der Waals surface area (Å²) in [6, 6.07) is 14.0. The number of ether oxygens (including phenoxy) is 2. The lowest BCUT2D eigenvalue weighted by molar-refractivity contribution is 0.0866. The maximum atomic E-state index is 10.2. The molecule has 0 aliphatic heterocycles. The number of benzene rings is 2. The SMILES string of the molecule is C[C@@H](CCl)COc1ccc(C(C)(C)c2ccc(OC[C@@H](O)Cn3nncc3CO)cc2)cc1Br. The summed E-state index contributed by atoms with van der Waals surface area (Å²) in [5.41, 5.74) is 2.58. The van der Waals surface area contributed by atoms with Crippen molar-refractivity contribution in [2.75, 3.05) is 19.1 Å². The molecular formula is C25H31BrClN3O4. The number of hydrogen-bond acceptors (Lipinski definition) is 6. The molecule has 0 saturated carbocycles. The number of halogens is 2. The summed E-state index contributed by atoms with van der Waals surface area (Å²) in [6.07, 6.45) is 0.684. The molecular weight excluding hydrogens is 522 g/mol. The summed E-state index contributed by atoms with van der Waals surface area (Å²) in [5, 5.41) is 27.1.